The van der Waals surface area contributed by atoms with Crippen LogP contribution in [-0.2, 0) is 23.2 Å². The summed E-state index contributed by atoms with van der Waals surface area (Å²) in [5.74, 6) is 2.45. The van der Waals surface area contributed by atoms with E-state index in [4.69, 9.17) is 4.74 Å². The van der Waals surface area contributed by atoms with Gasteiger partial charge in [-0.25, -0.2) is 0 Å². The van der Waals surface area contributed by atoms with Crippen LogP contribution in [0.3, 0.4) is 0 Å². The second-order valence-corrected chi connectivity index (χ2v) is 7.25. The molecule has 2 saturated carbocycles. The molecule has 3 heteroatoms. The molecule has 0 aromatic heterocycles. The highest BCUT2D eigenvalue weighted by molar-refractivity contribution is 5.88. The standard InChI is InChI=1S/C18H20O3/c19-9-12-4-3-11-8-10-2-1-7-18-13(10)5-6-14(20)17(18)21-16(12)15(11)18/h3-4,10,13,17,19H,1-2,5-9H2/t10-,13+,17+,18+/m1/s1. The first-order chi connectivity index (χ1) is 10.3. The smallest absolute Gasteiger partial charge is 0.174 e. The normalized spacial score (nSPS) is 38.9. The molecule has 110 valence electrons. The summed E-state index contributed by atoms with van der Waals surface area (Å²) in [4.78, 5) is 12.5. The largest absolute Gasteiger partial charge is 0.481 e. The lowest BCUT2D eigenvalue weighted by Gasteiger charge is -2.54. The van der Waals surface area contributed by atoms with E-state index in [0.717, 1.165) is 36.5 Å². The third kappa shape index (κ3) is 1.28. The SMILES string of the molecule is O=C1CC[C@H]2[C@@H]3CCC[C@@]24c2c(ccc(CO)c2O[C@@H]14)C3. The van der Waals surface area contributed by atoms with Crippen LogP contribution in [0.4, 0.5) is 0 Å². The quantitative estimate of drug-likeness (QED) is 0.862. The number of benzene rings is 1. The molecule has 0 unspecified atom stereocenters. The van der Waals surface area contributed by atoms with Crippen molar-refractivity contribution >= 4 is 5.78 Å². The lowest BCUT2D eigenvalue weighted by atomic mass is 9.48. The summed E-state index contributed by atoms with van der Waals surface area (Å²) < 4.78 is 6.20. The van der Waals surface area contributed by atoms with E-state index in [2.05, 4.69) is 6.07 Å². The predicted octanol–water partition coefficient (Wildman–Crippen LogP) is 2.51. The van der Waals surface area contributed by atoms with E-state index in [1.165, 1.54) is 24.0 Å². The van der Waals surface area contributed by atoms with Gasteiger partial charge in [-0.05, 0) is 43.1 Å². The molecule has 21 heavy (non-hydrogen) atoms. The summed E-state index contributed by atoms with van der Waals surface area (Å²) in [5, 5.41) is 9.63. The van der Waals surface area contributed by atoms with Crippen LogP contribution in [0.15, 0.2) is 12.1 Å². The molecule has 1 aromatic rings. The number of hydrogen-bond donors (Lipinski definition) is 1. The van der Waals surface area contributed by atoms with E-state index in [0.29, 0.717) is 12.3 Å². The zero-order valence-electron chi connectivity index (χ0n) is 12.1. The number of Topliss-reactive ketones (excluding diaryl/α,β-unsaturated/α-hetero) is 1. The molecular weight excluding hydrogens is 264 g/mol. The lowest BCUT2D eigenvalue weighted by molar-refractivity contribution is -0.136. The van der Waals surface area contributed by atoms with E-state index < -0.39 is 0 Å². The van der Waals surface area contributed by atoms with Crippen molar-refractivity contribution in [2.75, 3.05) is 0 Å². The second kappa shape index (κ2) is 3.89. The monoisotopic (exact) mass is 284 g/mol. The van der Waals surface area contributed by atoms with Crippen molar-refractivity contribution in [1.29, 1.82) is 0 Å². The number of aliphatic hydroxyl groups is 1. The molecule has 2 fully saturated rings. The van der Waals surface area contributed by atoms with Crippen LogP contribution in [0.2, 0.25) is 0 Å². The van der Waals surface area contributed by atoms with Gasteiger partial charge in [-0.2, -0.15) is 0 Å². The summed E-state index contributed by atoms with van der Waals surface area (Å²) in [7, 11) is 0. The Balaban J connectivity index is 1.83. The van der Waals surface area contributed by atoms with Gasteiger partial charge in [0.25, 0.3) is 0 Å². The van der Waals surface area contributed by atoms with Crippen LogP contribution >= 0.6 is 0 Å². The molecule has 1 N–H and O–H groups in total. The molecule has 5 rings (SSSR count). The zero-order valence-corrected chi connectivity index (χ0v) is 12.1. The topological polar surface area (TPSA) is 46.5 Å². The molecule has 4 atom stereocenters. The Bertz CT molecular complexity index is 650. The number of ether oxygens (including phenoxy) is 1. The third-order valence-corrected chi connectivity index (χ3v) is 6.54. The van der Waals surface area contributed by atoms with Crippen LogP contribution < -0.4 is 4.74 Å². The van der Waals surface area contributed by atoms with Crippen LogP contribution in [0.5, 0.6) is 5.75 Å². The number of carbonyl (C=O) groups is 1. The van der Waals surface area contributed by atoms with Crippen molar-refractivity contribution < 1.29 is 14.6 Å². The fraction of sp³-hybridized carbons (Fsp3) is 0.611. The zero-order chi connectivity index (χ0) is 14.2. The lowest BCUT2D eigenvalue weighted by Crippen LogP contribution is -2.58. The summed E-state index contributed by atoms with van der Waals surface area (Å²) in [6.07, 6.45) is 6.14. The van der Waals surface area contributed by atoms with Gasteiger partial charge in [0.15, 0.2) is 11.9 Å². The highest BCUT2D eigenvalue weighted by atomic mass is 16.5. The Labute approximate surface area is 124 Å². The van der Waals surface area contributed by atoms with Gasteiger partial charge in [0, 0.05) is 23.0 Å². The summed E-state index contributed by atoms with van der Waals surface area (Å²) in [5.41, 5.74) is 3.47. The van der Waals surface area contributed by atoms with Crippen molar-refractivity contribution in [3.63, 3.8) is 0 Å². The first-order valence-electron chi connectivity index (χ1n) is 8.21. The van der Waals surface area contributed by atoms with Gasteiger partial charge in [0.2, 0.25) is 0 Å². The minimum atomic E-state index is -0.277. The molecular formula is C18H20O3. The number of ketones is 1. The fourth-order valence-electron chi connectivity index (χ4n) is 5.86. The summed E-state index contributed by atoms with van der Waals surface area (Å²) in [6, 6.07) is 4.16. The van der Waals surface area contributed by atoms with Crippen LogP contribution in [0.25, 0.3) is 0 Å². The predicted molar refractivity (Wildman–Crippen MR) is 77.2 cm³/mol. The van der Waals surface area contributed by atoms with Gasteiger partial charge in [-0.3, -0.25) is 4.79 Å². The Morgan fingerprint density at radius 1 is 1.33 bits per heavy atom. The van der Waals surface area contributed by atoms with E-state index in [1.54, 1.807) is 0 Å². The van der Waals surface area contributed by atoms with Crippen LogP contribution in [-0.4, -0.2) is 17.0 Å². The minimum absolute atomic E-state index is 0.00625. The van der Waals surface area contributed by atoms with Gasteiger partial charge in [0.1, 0.15) is 5.75 Å². The van der Waals surface area contributed by atoms with E-state index >= 15 is 0 Å². The van der Waals surface area contributed by atoms with Crippen molar-refractivity contribution in [1.82, 2.24) is 0 Å². The van der Waals surface area contributed by atoms with E-state index in [-0.39, 0.29) is 23.9 Å². The van der Waals surface area contributed by atoms with Crippen molar-refractivity contribution in [2.24, 2.45) is 11.8 Å². The van der Waals surface area contributed by atoms with Crippen molar-refractivity contribution in [3.05, 3.63) is 28.8 Å². The average molecular weight is 284 g/mol. The first kappa shape index (κ1) is 12.2. The minimum Gasteiger partial charge on any atom is -0.481 e. The Kier molecular flexibility index (Phi) is 2.26. The Morgan fingerprint density at radius 2 is 2.24 bits per heavy atom. The molecule has 2 bridgehead atoms. The first-order valence-corrected chi connectivity index (χ1v) is 8.21. The Morgan fingerprint density at radius 3 is 3.10 bits per heavy atom. The highest BCUT2D eigenvalue weighted by Gasteiger charge is 2.64. The molecule has 1 aromatic carbocycles. The summed E-state index contributed by atoms with van der Waals surface area (Å²) in [6.45, 7) is -0.00625. The molecule has 0 radical (unpaired) electrons. The van der Waals surface area contributed by atoms with E-state index in [1.807, 2.05) is 6.07 Å². The maximum absolute atomic E-state index is 12.5. The van der Waals surface area contributed by atoms with Crippen molar-refractivity contribution in [3.8, 4) is 5.75 Å². The van der Waals surface area contributed by atoms with Gasteiger partial charge < -0.3 is 9.84 Å². The van der Waals surface area contributed by atoms with Gasteiger partial charge in [0.05, 0.1) is 6.61 Å². The molecule has 1 aliphatic heterocycles. The maximum Gasteiger partial charge on any atom is 0.174 e. The van der Waals surface area contributed by atoms with E-state index in [9.17, 15) is 9.90 Å². The molecule has 3 aliphatic carbocycles. The van der Waals surface area contributed by atoms with Gasteiger partial charge >= 0.3 is 0 Å². The maximum atomic E-state index is 12.5. The summed E-state index contributed by atoms with van der Waals surface area (Å²) >= 11 is 0. The Hall–Kier alpha value is -1.35. The second-order valence-electron chi connectivity index (χ2n) is 7.25. The molecule has 3 nitrogen and oxygen atoms in total. The average Bonchev–Trinajstić information content (AvgIpc) is 2.83. The van der Waals surface area contributed by atoms with Gasteiger partial charge in [-0.15, -0.1) is 0 Å². The highest BCUT2D eigenvalue weighted by Crippen LogP contribution is 2.64. The van der Waals surface area contributed by atoms with Crippen molar-refractivity contribution in [2.45, 2.75) is 56.7 Å². The molecule has 0 amide bonds. The molecule has 1 heterocycles. The van der Waals surface area contributed by atoms with Crippen LogP contribution in [0, 0.1) is 11.8 Å². The molecule has 0 saturated heterocycles. The number of carbonyl (C=O) groups excluding carboxylic acids is 1. The fourth-order valence-corrected chi connectivity index (χ4v) is 5.86. The molecule has 4 aliphatic rings. The molecule has 1 spiro atoms. The van der Waals surface area contributed by atoms with Gasteiger partial charge in [-0.1, -0.05) is 18.6 Å². The number of aliphatic hydroxyl groups excluding tert-OH is 1. The third-order valence-electron chi connectivity index (χ3n) is 6.54. The van der Waals surface area contributed by atoms with Crippen LogP contribution in [0.1, 0.15) is 48.8 Å². The number of hydrogen-bond acceptors (Lipinski definition) is 3. The number of rotatable bonds is 1.